The van der Waals surface area contributed by atoms with Gasteiger partial charge in [0.05, 0.1) is 0 Å². The van der Waals surface area contributed by atoms with E-state index in [0.29, 0.717) is 0 Å². The summed E-state index contributed by atoms with van der Waals surface area (Å²) in [5, 5.41) is 11.6. The standard InChI is InChI=1S/C12H9Cl.2CHNO/c13-12-9-5-4-8-11(12)10-6-2-1-3-7-10;2*2-1-3/h1-9H;2*2H. The number of isocyanates is 2. The highest BCUT2D eigenvalue weighted by Crippen LogP contribution is 2.26. The lowest BCUT2D eigenvalue weighted by atomic mass is 10.1. The Balaban J connectivity index is 0.000000465. The SMILES string of the molecule is Clc1ccccc1-c1ccccc1.N=C=O.N=C=O. The van der Waals surface area contributed by atoms with Gasteiger partial charge < -0.3 is 0 Å². The second-order valence-corrected chi connectivity index (χ2v) is 3.46. The van der Waals surface area contributed by atoms with E-state index < -0.39 is 0 Å². The van der Waals surface area contributed by atoms with Crippen molar-refractivity contribution in [3.8, 4) is 11.1 Å². The number of hydrogen-bond acceptors (Lipinski definition) is 4. The van der Waals surface area contributed by atoms with E-state index in [-0.39, 0.29) is 0 Å². The van der Waals surface area contributed by atoms with Crippen LogP contribution in [0.15, 0.2) is 54.6 Å². The summed E-state index contributed by atoms with van der Waals surface area (Å²) >= 11 is 6.06. The second-order valence-electron chi connectivity index (χ2n) is 3.05. The molecule has 0 unspecified atom stereocenters. The maximum Gasteiger partial charge on any atom is 0.231 e. The molecule has 0 aliphatic rings. The van der Waals surface area contributed by atoms with E-state index >= 15 is 0 Å². The quantitative estimate of drug-likeness (QED) is 0.612. The molecule has 19 heavy (non-hydrogen) atoms. The maximum absolute atomic E-state index is 8.35. The Bertz CT molecular complexity index is 547. The minimum Gasteiger partial charge on any atom is -0.222 e. The maximum atomic E-state index is 8.35. The monoisotopic (exact) mass is 274 g/mol. The summed E-state index contributed by atoms with van der Waals surface area (Å²) < 4.78 is 0. The lowest BCUT2D eigenvalue weighted by molar-refractivity contribution is 0.562. The molecule has 0 spiro atoms. The van der Waals surface area contributed by atoms with Crippen LogP contribution < -0.4 is 0 Å². The molecule has 96 valence electrons. The molecular formula is C14H11ClN2O2. The van der Waals surface area contributed by atoms with Gasteiger partial charge in [-0.2, -0.15) is 0 Å². The topological polar surface area (TPSA) is 81.8 Å². The van der Waals surface area contributed by atoms with Gasteiger partial charge in [-0.3, -0.25) is 0 Å². The van der Waals surface area contributed by atoms with Gasteiger partial charge in [-0.15, -0.1) is 0 Å². The van der Waals surface area contributed by atoms with Crippen LogP contribution in [0.5, 0.6) is 0 Å². The third-order valence-corrected chi connectivity index (χ3v) is 2.29. The number of benzene rings is 2. The van der Waals surface area contributed by atoms with E-state index in [1.54, 1.807) is 0 Å². The van der Waals surface area contributed by atoms with Gasteiger partial charge in [-0.1, -0.05) is 60.1 Å². The molecule has 2 rings (SSSR count). The predicted octanol–water partition coefficient (Wildman–Crippen LogP) is 3.81. The average Bonchev–Trinajstić information content (AvgIpc) is 2.42. The average molecular weight is 275 g/mol. The van der Waals surface area contributed by atoms with Crippen molar-refractivity contribution in [1.82, 2.24) is 0 Å². The fourth-order valence-corrected chi connectivity index (χ4v) is 1.56. The van der Waals surface area contributed by atoms with Gasteiger partial charge in [-0.05, 0) is 11.6 Å². The summed E-state index contributed by atoms with van der Waals surface area (Å²) in [6.07, 6.45) is 1.50. The van der Waals surface area contributed by atoms with E-state index in [2.05, 4.69) is 12.1 Å². The summed E-state index contributed by atoms with van der Waals surface area (Å²) in [6.45, 7) is 0. The van der Waals surface area contributed by atoms with Crippen molar-refractivity contribution in [3.05, 3.63) is 59.6 Å². The van der Waals surface area contributed by atoms with Crippen molar-refractivity contribution in [2.75, 3.05) is 0 Å². The molecule has 0 atom stereocenters. The number of nitrogens with one attached hydrogen (secondary N) is 2. The number of hydrogen-bond donors (Lipinski definition) is 2. The minimum atomic E-state index is 0.750. The van der Waals surface area contributed by atoms with Crippen LogP contribution in [-0.2, 0) is 9.59 Å². The van der Waals surface area contributed by atoms with E-state index in [1.807, 2.05) is 42.5 Å². The summed E-state index contributed by atoms with van der Waals surface area (Å²) in [5.41, 5.74) is 2.25. The van der Waals surface area contributed by atoms with Crippen molar-refractivity contribution in [2.24, 2.45) is 0 Å². The molecule has 2 N–H and O–H groups in total. The molecular weight excluding hydrogens is 264 g/mol. The third-order valence-electron chi connectivity index (χ3n) is 1.96. The van der Waals surface area contributed by atoms with E-state index in [1.165, 1.54) is 0 Å². The summed E-state index contributed by atoms with van der Waals surface area (Å²) in [4.78, 5) is 16.7. The zero-order chi connectivity index (χ0) is 14.5. The van der Waals surface area contributed by atoms with E-state index in [0.717, 1.165) is 28.3 Å². The van der Waals surface area contributed by atoms with Gasteiger partial charge in [0, 0.05) is 10.6 Å². The third kappa shape index (κ3) is 6.71. The van der Waals surface area contributed by atoms with Crippen molar-refractivity contribution in [3.63, 3.8) is 0 Å². The molecule has 0 saturated heterocycles. The highest BCUT2D eigenvalue weighted by molar-refractivity contribution is 6.33. The van der Waals surface area contributed by atoms with Crippen LogP contribution >= 0.6 is 11.6 Å². The van der Waals surface area contributed by atoms with Gasteiger partial charge >= 0.3 is 0 Å². The molecule has 0 aliphatic carbocycles. The van der Waals surface area contributed by atoms with E-state index in [9.17, 15) is 0 Å². The normalized spacial score (nSPS) is 7.63. The van der Waals surface area contributed by atoms with Crippen LogP contribution in [-0.4, -0.2) is 12.2 Å². The van der Waals surface area contributed by atoms with Crippen LogP contribution in [0, 0.1) is 10.8 Å². The molecule has 0 aromatic heterocycles. The molecule has 0 saturated carbocycles. The van der Waals surface area contributed by atoms with Crippen LogP contribution in [0.3, 0.4) is 0 Å². The first-order valence-electron chi connectivity index (χ1n) is 5.09. The van der Waals surface area contributed by atoms with Crippen LogP contribution in [0.4, 0.5) is 0 Å². The van der Waals surface area contributed by atoms with Gasteiger partial charge in [0.25, 0.3) is 0 Å². The molecule has 5 heteroatoms. The van der Waals surface area contributed by atoms with Gasteiger partial charge in [-0.25, -0.2) is 20.4 Å². The lowest BCUT2D eigenvalue weighted by Crippen LogP contribution is -1.77. The zero-order valence-electron chi connectivity index (χ0n) is 9.89. The Kier molecular flexibility index (Phi) is 9.23. The Hall–Kier alpha value is -2.51. The fourth-order valence-electron chi connectivity index (χ4n) is 1.31. The van der Waals surface area contributed by atoms with Crippen molar-refractivity contribution in [2.45, 2.75) is 0 Å². The van der Waals surface area contributed by atoms with Gasteiger partial charge in [0.15, 0.2) is 0 Å². The van der Waals surface area contributed by atoms with Crippen molar-refractivity contribution in [1.29, 1.82) is 10.8 Å². The molecule has 4 nitrogen and oxygen atoms in total. The van der Waals surface area contributed by atoms with Crippen molar-refractivity contribution < 1.29 is 9.59 Å². The smallest absolute Gasteiger partial charge is 0.222 e. The van der Waals surface area contributed by atoms with Gasteiger partial charge in [0.1, 0.15) is 0 Å². The van der Waals surface area contributed by atoms with Gasteiger partial charge in [0.2, 0.25) is 12.2 Å². The van der Waals surface area contributed by atoms with Crippen molar-refractivity contribution >= 4 is 23.8 Å². The first kappa shape index (κ1) is 16.5. The number of halogens is 1. The first-order valence-corrected chi connectivity index (χ1v) is 5.46. The second kappa shape index (κ2) is 10.6. The van der Waals surface area contributed by atoms with Crippen LogP contribution in [0.1, 0.15) is 0 Å². The number of rotatable bonds is 1. The van der Waals surface area contributed by atoms with Crippen LogP contribution in [0.2, 0.25) is 5.02 Å². The summed E-state index contributed by atoms with van der Waals surface area (Å²) in [6, 6.07) is 18.0. The molecule has 0 radical (unpaired) electrons. The molecule has 0 heterocycles. The highest BCUT2D eigenvalue weighted by atomic mass is 35.5. The Labute approximate surface area is 115 Å². The zero-order valence-corrected chi connectivity index (χ0v) is 10.6. The molecule has 0 fully saturated rings. The Morgan fingerprint density at radius 2 is 1.21 bits per heavy atom. The van der Waals surface area contributed by atoms with E-state index in [4.69, 9.17) is 32.0 Å². The molecule has 2 aromatic carbocycles. The van der Waals surface area contributed by atoms with Crippen LogP contribution in [0.25, 0.3) is 11.1 Å². The minimum absolute atomic E-state index is 0.750. The fraction of sp³-hybridized carbons (Fsp3) is 0. The Morgan fingerprint density at radius 3 is 1.68 bits per heavy atom. The lowest BCUT2D eigenvalue weighted by Gasteiger charge is -2.02. The molecule has 0 bridgehead atoms. The highest BCUT2D eigenvalue weighted by Gasteiger charge is 1.99. The first-order chi connectivity index (χ1) is 9.21. The largest absolute Gasteiger partial charge is 0.231 e. The summed E-state index contributed by atoms with van der Waals surface area (Å²) in [5.74, 6) is 0. The molecule has 0 aliphatic heterocycles. The number of carbonyl (C=O) groups excluding carboxylic acids is 2. The summed E-state index contributed by atoms with van der Waals surface area (Å²) in [7, 11) is 0. The Morgan fingerprint density at radius 1 is 0.789 bits per heavy atom. The predicted molar refractivity (Wildman–Crippen MR) is 73.7 cm³/mol. The molecule has 2 aromatic rings. The molecule has 0 amide bonds.